The van der Waals surface area contributed by atoms with Crippen LogP contribution in [0.15, 0.2) is 18.6 Å². The van der Waals surface area contributed by atoms with Crippen molar-refractivity contribution < 1.29 is 9.90 Å². The lowest BCUT2D eigenvalue weighted by atomic mass is 10.2. The highest BCUT2D eigenvalue weighted by Gasteiger charge is 2.06. The average Bonchev–Trinajstić information content (AvgIpc) is 2.66. The van der Waals surface area contributed by atoms with Gasteiger partial charge >= 0.3 is 5.97 Å². The number of hydrogen-bond acceptors (Lipinski definition) is 5. The molecule has 0 amide bonds. The molecule has 7 nitrogen and oxygen atoms in total. The van der Waals surface area contributed by atoms with Crippen molar-refractivity contribution in [2.45, 2.75) is 13.5 Å². The van der Waals surface area contributed by atoms with E-state index in [1.165, 1.54) is 12.4 Å². The maximum absolute atomic E-state index is 10.6. The van der Waals surface area contributed by atoms with E-state index in [-0.39, 0.29) is 5.69 Å². The number of nitrogens with zero attached hydrogens (tertiary/aromatic N) is 4. The summed E-state index contributed by atoms with van der Waals surface area (Å²) in [6.45, 7) is 2.50. The van der Waals surface area contributed by atoms with Gasteiger partial charge in [-0.15, -0.1) is 0 Å². The molecular formula is C11H13N5O2. The van der Waals surface area contributed by atoms with Crippen LogP contribution in [0.1, 0.15) is 21.7 Å². The van der Waals surface area contributed by atoms with Crippen molar-refractivity contribution >= 4 is 11.8 Å². The third kappa shape index (κ3) is 2.62. The van der Waals surface area contributed by atoms with E-state index in [2.05, 4.69) is 20.4 Å². The van der Waals surface area contributed by atoms with Gasteiger partial charge < -0.3 is 10.4 Å². The second-order valence-corrected chi connectivity index (χ2v) is 3.86. The highest BCUT2D eigenvalue weighted by Crippen LogP contribution is 2.08. The summed E-state index contributed by atoms with van der Waals surface area (Å²) in [5.41, 5.74) is 1.93. The number of hydrogen-bond donors (Lipinski definition) is 2. The van der Waals surface area contributed by atoms with Crippen LogP contribution in [0.5, 0.6) is 0 Å². The van der Waals surface area contributed by atoms with Crippen molar-refractivity contribution in [3.8, 4) is 0 Å². The summed E-state index contributed by atoms with van der Waals surface area (Å²) in [5, 5.41) is 16.0. The molecule has 2 rings (SSSR count). The van der Waals surface area contributed by atoms with Crippen molar-refractivity contribution in [1.82, 2.24) is 19.7 Å². The fourth-order valence-corrected chi connectivity index (χ4v) is 1.54. The lowest BCUT2D eigenvalue weighted by molar-refractivity contribution is 0.0690. The molecule has 0 fully saturated rings. The molecule has 0 aliphatic carbocycles. The predicted octanol–water partition coefficient (Wildman–Crippen LogP) is 0.829. The Morgan fingerprint density at radius 2 is 2.22 bits per heavy atom. The summed E-state index contributed by atoms with van der Waals surface area (Å²) in [7, 11) is 1.86. The molecule has 0 aliphatic heterocycles. The SMILES string of the molecule is Cc1nn(C)cc1CNc1cnc(C(=O)O)cn1. The number of carbonyl (C=O) groups is 1. The Morgan fingerprint density at radius 3 is 2.72 bits per heavy atom. The molecule has 2 aromatic heterocycles. The number of anilines is 1. The van der Waals surface area contributed by atoms with Crippen LogP contribution >= 0.6 is 0 Å². The quantitative estimate of drug-likeness (QED) is 0.831. The highest BCUT2D eigenvalue weighted by atomic mass is 16.4. The van der Waals surface area contributed by atoms with E-state index in [0.29, 0.717) is 12.4 Å². The van der Waals surface area contributed by atoms with Gasteiger partial charge in [-0.1, -0.05) is 0 Å². The van der Waals surface area contributed by atoms with Crippen molar-refractivity contribution in [2.24, 2.45) is 7.05 Å². The molecule has 0 aliphatic rings. The van der Waals surface area contributed by atoms with E-state index < -0.39 is 5.97 Å². The van der Waals surface area contributed by atoms with Gasteiger partial charge in [0.1, 0.15) is 5.82 Å². The zero-order valence-electron chi connectivity index (χ0n) is 10.1. The topological polar surface area (TPSA) is 92.9 Å². The molecule has 0 radical (unpaired) electrons. The molecule has 0 unspecified atom stereocenters. The molecule has 7 heteroatoms. The van der Waals surface area contributed by atoms with Gasteiger partial charge in [0.25, 0.3) is 0 Å². The highest BCUT2D eigenvalue weighted by molar-refractivity contribution is 5.84. The van der Waals surface area contributed by atoms with Gasteiger partial charge in [-0.05, 0) is 6.92 Å². The summed E-state index contributed by atoms with van der Waals surface area (Å²) in [6, 6.07) is 0. The van der Waals surface area contributed by atoms with Crippen LogP contribution < -0.4 is 5.32 Å². The minimum Gasteiger partial charge on any atom is -0.476 e. The number of aromatic carboxylic acids is 1. The van der Waals surface area contributed by atoms with Crippen LogP contribution in [0.25, 0.3) is 0 Å². The Labute approximate surface area is 104 Å². The smallest absolute Gasteiger partial charge is 0.356 e. The molecule has 94 valence electrons. The molecule has 18 heavy (non-hydrogen) atoms. The minimum absolute atomic E-state index is 0.0712. The van der Waals surface area contributed by atoms with Gasteiger partial charge in [-0.2, -0.15) is 5.10 Å². The van der Waals surface area contributed by atoms with E-state index >= 15 is 0 Å². The normalized spacial score (nSPS) is 10.3. The number of aromatic nitrogens is 4. The number of rotatable bonds is 4. The number of carboxylic acids is 1. The summed E-state index contributed by atoms with van der Waals surface area (Å²) >= 11 is 0. The van der Waals surface area contributed by atoms with Crippen LogP contribution in [0.3, 0.4) is 0 Å². The second-order valence-electron chi connectivity index (χ2n) is 3.86. The number of nitrogens with one attached hydrogen (secondary N) is 1. The molecule has 2 heterocycles. The standard InChI is InChI=1S/C11H13N5O2/c1-7-8(6-16(2)15-7)3-13-10-5-12-9(4-14-10)11(17)18/h4-6H,3H2,1-2H3,(H,13,14)(H,17,18). The van der Waals surface area contributed by atoms with E-state index in [1.54, 1.807) is 4.68 Å². The fourth-order valence-electron chi connectivity index (χ4n) is 1.54. The van der Waals surface area contributed by atoms with Gasteiger partial charge in [0.2, 0.25) is 0 Å². The van der Waals surface area contributed by atoms with Crippen molar-refractivity contribution in [3.05, 3.63) is 35.5 Å². The van der Waals surface area contributed by atoms with Gasteiger partial charge in [0, 0.05) is 25.4 Å². The maximum atomic E-state index is 10.6. The summed E-state index contributed by atoms with van der Waals surface area (Å²) in [4.78, 5) is 18.3. The Morgan fingerprint density at radius 1 is 1.44 bits per heavy atom. The zero-order chi connectivity index (χ0) is 13.1. The predicted molar refractivity (Wildman–Crippen MR) is 64.3 cm³/mol. The molecule has 0 saturated heterocycles. The second kappa shape index (κ2) is 4.82. The fraction of sp³-hybridized carbons (Fsp3) is 0.273. The van der Waals surface area contributed by atoms with Crippen LogP contribution in [0.2, 0.25) is 0 Å². The summed E-state index contributed by atoms with van der Waals surface area (Å²) in [6.07, 6.45) is 4.54. The third-order valence-electron chi connectivity index (χ3n) is 2.45. The molecule has 0 aromatic carbocycles. The Kier molecular flexibility index (Phi) is 3.22. The zero-order valence-corrected chi connectivity index (χ0v) is 10.1. The number of carboxylic acid groups (broad SMARTS) is 1. The van der Waals surface area contributed by atoms with E-state index in [0.717, 1.165) is 11.3 Å². The molecular weight excluding hydrogens is 234 g/mol. The van der Waals surface area contributed by atoms with Crippen molar-refractivity contribution in [1.29, 1.82) is 0 Å². The van der Waals surface area contributed by atoms with E-state index in [1.807, 2.05) is 20.2 Å². The van der Waals surface area contributed by atoms with Crippen LogP contribution in [0, 0.1) is 6.92 Å². The first-order valence-corrected chi connectivity index (χ1v) is 5.34. The third-order valence-corrected chi connectivity index (χ3v) is 2.45. The molecule has 0 bridgehead atoms. The molecule has 2 aromatic rings. The van der Waals surface area contributed by atoms with Crippen molar-refractivity contribution in [3.63, 3.8) is 0 Å². The average molecular weight is 247 g/mol. The minimum atomic E-state index is -1.09. The Balaban J connectivity index is 2.02. The molecule has 0 spiro atoms. The van der Waals surface area contributed by atoms with E-state index in [9.17, 15) is 4.79 Å². The van der Waals surface area contributed by atoms with E-state index in [4.69, 9.17) is 5.11 Å². The lowest BCUT2D eigenvalue weighted by Crippen LogP contribution is -2.05. The van der Waals surface area contributed by atoms with Crippen molar-refractivity contribution in [2.75, 3.05) is 5.32 Å². The Bertz CT molecular complexity index is 561. The summed E-state index contributed by atoms with van der Waals surface area (Å²) < 4.78 is 1.74. The number of aryl methyl sites for hydroxylation is 2. The monoisotopic (exact) mass is 247 g/mol. The molecule has 0 atom stereocenters. The first-order chi connectivity index (χ1) is 8.56. The lowest BCUT2D eigenvalue weighted by Gasteiger charge is -2.03. The van der Waals surface area contributed by atoms with Gasteiger partial charge in [0.05, 0.1) is 18.1 Å². The summed E-state index contributed by atoms with van der Waals surface area (Å²) in [5.74, 6) is -0.555. The van der Waals surface area contributed by atoms with Gasteiger partial charge in [-0.25, -0.2) is 14.8 Å². The van der Waals surface area contributed by atoms with Crippen LogP contribution in [-0.4, -0.2) is 30.8 Å². The first-order valence-electron chi connectivity index (χ1n) is 5.34. The van der Waals surface area contributed by atoms with Crippen LogP contribution in [0.4, 0.5) is 5.82 Å². The van der Waals surface area contributed by atoms with Gasteiger partial charge in [-0.3, -0.25) is 4.68 Å². The van der Waals surface area contributed by atoms with Crippen LogP contribution in [-0.2, 0) is 13.6 Å². The Hall–Kier alpha value is -2.44. The molecule has 0 saturated carbocycles. The maximum Gasteiger partial charge on any atom is 0.356 e. The van der Waals surface area contributed by atoms with Gasteiger partial charge in [0.15, 0.2) is 5.69 Å². The largest absolute Gasteiger partial charge is 0.476 e. The molecule has 2 N–H and O–H groups in total. The first kappa shape index (κ1) is 12.0.